The number of hydrogen-bond acceptors (Lipinski definition) is 6. The van der Waals surface area contributed by atoms with Crippen molar-refractivity contribution in [3.05, 3.63) is 119 Å². The molecule has 9 heteroatoms. The van der Waals surface area contributed by atoms with Gasteiger partial charge in [-0.1, -0.05) is 42.5 Å². The molecular weight excluding hydrogens is 460 g/mol. The number of ether oxygens (including phenoxy) is 1. The van der Waals surface area contributed by atoms with E-state index >= 15 is 0 Å². The molecule has 36 heavy (non-hydrogen) atoms. The van der Waals surface area contributed by atoms with Crippen LogP contribution in [0.5, 0.6) is 5.75 Å². The summed E-state index contributed by atoms with van der Waals surface area (Å²) in [5.74, 6) is -0.993. The van der Waals surface area contributed by atoms with Gasteiger partial charge in [0.25, 0.3) is 11.8 Å². The number of amides is 2. The van der Waals surface area contributed by atoms with E-state index in [-0.39, 0.29) is 22.7 Å². The number of para-hydroxylation sites is 4. The van der Waals surface area contributed by atoms with Crippen molar-refractivity contribution < 1.29 is 19.2 Å². The standard InChI is InChI=1S/C27H22N4O5/c32-26(18-36-25-13-7-6-12-24(25)31(34)35)30-23-11-5-4-10-22(23)27(33)29-21-16-14-20(15-17-21)28-19-8-2-1-3-9-19/h1-17,28H,18H2,(H,29,33)(H,30,32). The van der Waals surface area contributed by atoms with Crippen LogP contribution in [-0.4, -0.2) is 23.3 Å². The van der Waals surface area contributed by atoms with Crippen molar-refractivity contribution in [2.24, 2.45) is 0 Å². The number of anilines is 4. The smallest absolute Gasteiger partial charge is 0.310 e. The predicted octanol–water partition coefficient (Wildman–Crippen LogP) is 5.61. The maximum absolute atomic E-state index is 12.9. The van der Waals surface area contributed by atoms with Gasteiger partial charge in [-0.05, 0) is 54.6 Å². The molecule has 0 aromatic heterocycles. The van der Waals surface area contributed by atoms with Crippen LogP contribution in [0.25, 0.3) is 0 Å². The summed E-state index contributed by atoms with van der Waals surface area (Å²) in [6, 6.07) is 29.2. The van der Waals surface area contributed by atoms with Gasteiger partial charge < -0.3 is 20.7 Å². The molecule has 0 bridgehead atoms. The third kappa shape index (κ3) is 6.23. The SMILES string of the molecule is O=C(COc1ccccc1[N+](=O)[O-])Nc1ccccc1C(=O)Nc1ccc(Nc2ccccc2)cc1. The summed E-state index contributed by atoms with van der Waals surface area (Å²) >= 11 is 0. The monoisotopic (exact) mass is 482 g/mol. The van der Waals surface area contributed by atoms with E-state index in [4.69, 9.17) is 4.74 Å². The molecule has 0 aliphatic carbocycles. The van der Waals surface area contributed by atoms with Crippen LogP contribution in [0.15, 0.2) is 103 Å². The van der Waals surface area contributed by atoms with Crippen molar-refractivity contribution in [1.29, 1.82) is 0 Å². The Morgan fingerprint density at radius 3 is 2.08 bits per heavy atom. The van der Waals surface area contributed by atoms with Crippen LogP contribution < -0.4 is 20.7 Å². The molecule has 0 spiro atoms. The van der Waals surface area contributed by atoms with Crippen molar-refractivity contribution >= 4 is 40.3 Å². The zero-order valence-electron chi connectivity index (χ0n) is 19.0. The second-order valence-corrected chi connectivity index (χ2v) is 7.63. The van der Waals surface area contributed by atoms with Gasteiger partial charge in [0.15, 0.2) is 12.4 Å². The average molecular weight is 482 g/mol. The Labute approximate surface area is 206 Å². The largest absolute Gasteiger partial charge is 0.477 e. The number of nitrogens with one attached hydrogen (secondary N) is 3. The lowest BCUT2D eigenvalue weighted by atomic mass is 10.1. The van der Waals surface area contributed by atoms with E-state index in [9.17, 15) is 19.7 Å². The molecule has 0 saturated carbocycles. The lowest BCUT2D eigenvalue weighted by molar-refractivity contribution is -0.385. The third-order valence-electron chi connectivity index (χ3n) is 5.07. The molecule has 0 unspecified atom stereocenters. The summed E-state index contributed by atoms with van der Waals surface area (Å²) in [4.78, 5) is 35.9. The van der Waals surface area contributed by atoms with Crippen LogP contribution in [0.4, 0.5) is 28.4 Å². The van der Waals surface area contributed by atoms with Crippen LogP contribution in [0.1, 0.15) is 10.4 Å². The van der Waals surface area contributed by atoms with Gasteiger partial charge in [0.1, 0.15) is 0 Å². The maximum Gasteiger partial charge on any atom is 0.310 e. The van der Waals surface area contributed by atoms with Crippen LogP contribution in [0, 0.1) is 10.1 Å². The molecule has 9 nitrogen and oxygen atoms in total. The van der Waals surface area contributed by atoms with Gasteiger partial charge in [-0.25, -0.2) is 0 Å². The van der Waals surface area contributed by atoms with E-state index in [1.807, 2.05) is 42.5 Å². The number of nitro benzene ring substituents is 1. The summed E-state index contributed by atoms with van der Waals surface area (Å²) in [6.45, 7) is -0.462. The van der Waals surface area contributed by atoms with E-state index in [0.717, 1.165) is 11.4 Å². The molecule has 3 N–H and O–H groups in total. The van der Waals surface area contributed by atoms with Crippen molar-refractivity contribution in [2.75, 3.05) is 22.6 Å². The number of carbonyl (C=O) groups is 2. The number of nitro groups is 1. The second-order valence-electron chi connectivity index (χ2n) is 7.63. The first-order valence-electron chi connectivity index (χ1n) is 11.0. The third-order valence-corrected chi connectivity index (χ3v) is 5.07. The van der Waals surface area contributed by atoms with Gasteiger partial charge in [0.05, 0.1) is 16.2 Å². The van der Waals surface area contributed by atoms with Gasteiger partial charge in [0, 0.05) is 23.1 Å². The van der Waals surface area contributed by atoms with Crippen LogP contribution in [-0.2, 0) is 4.79 Å². The minimum Gasteiger partial charge on any atom is -0.477 e. The van der Waals surface area contributed by atoms with Gasteiger partial charge in [0.2, 0.25) is 0 Å². The summed E-state index contributed by atoms with van der Waals surface area (Å²) in [7, 11) is 0. The molecule has 0 atom stereocenters. The minimum atomic E-state index is -0.586. The summed E-state index contributed by atoms with van der Waals surface area (Å²) in [5.41, 5.74) is 2.70. The highest BCUT2D eigenvalue weighted by Crippen LogP contribution is 2.26. The molecule has 2 amide bonds. The summed E-state index contributed by atoms with van der Waals surface area (Å²) in [5, 5.41) is 19.8. The molecule has 0 radical (unpaired) electrons. The van der Waals surface area contributed by atoms with E-state index < -0.39 is 23.3 Å². The lowest BCUT2D eigenvalue weighted by Crippen LogP contribution is -2.23. The maximum atomic E-state index is 12.9. The molecule has 0 aliphatic rings. The number of nitrogens with zero attached hydrogens (tertiary/aromatic N) is 1. The zero-order chi connectivity index (χ0) is 25.3. The zero-order valence-corrected chi connectivity index (χ0v) is 19.0. The van der Waals surface area contributed by atoms with Crippen molar-refractivity contribution in [1.82, 2.24) is 0 Å². The van der Waals surface area contributed by atoms with Crippen molar-refractivity contribution in [3.63, 3.8) is 0 Å². The molecule has 0 aliphatic heterocycles. The fourth-order valence-electron chi connectivity index (χ4n) is 3.37. The number of benzene rings is 4. The summed E-state index contributed by atoms with van der Waals surface area (Å²) < 4.78 is 5.32. The fourth-order valence-corrected chi connectivity index (χ4v) is 3.37. The Balaban J connectivity index is 1.38. The molecule has 0 heterocycles. The fraction of sp³-hybridized carbons (Fsp3) is 0.0370. The average Bonchev–Trinajstić information content (AvgIpc) is 2.89. The number of rotatable bonds is 9. The molecule has 0 fully saturated rings. The highest BCUT2D eigenvalue weighted by atomic mass is 16.6. The first-order chi connectivity index (χ1) is 17.5. The highest BCUT2D eigenvalue weighted by molar-refractivity contribution is 6.10. The van der Waals surface area contributed by atoms with Crippen molar-refractivity contribution in [3.8, 4) is 5.75 Å². The van der Waals surface area contributed by atoms with Gasteiger partial charge >= 0.3 is 5.69 Å². The number of carbonyl (C=O) groups excluding carboxylic acids is 2. The van der Waals surface area contributed by atoms with E-state index in [1.54, 1.807) is 42.5 Å². The quantitative estimate of drug-likeness (QED) is 0.211. The van der Waals surface area contributed by atoms with Gasteiger partial charge in [-0.15, -0.1) is 0 Å². The molecule has 180 valence electrons. The normalized spacial score (nSPS) is 10.2. The number of hydrogen-bond donors (Lipinski definition) is 3. The minimum absolute atomic E-state index is 0.0196. The Hall–Kier alpha value is -5.18. The second kappa shape index (κ2) is 11.3. The Kier molecular flexibility index (Phi) is 7.52. The van der Waals surface area contributed by atoms with Crippen LogP contribution in [0.2, 0.25) is 0 Å². The Bertz CT molecular complexity index is 1370. The molecule has 4 aromatic carbocycles. The predicted molar refractivity (Wildman–Crippen MR) is 138 cm³/mol. The Morgan fingerprint density at radius 2 is 1.33 bits per heavy atom. The van der Waals surface area contributed by atoms with Crippen molar-refractivity contribution in [2.45, 2.75) is 0 Å². The summed E-state index contributed by atoms with van der Waals surface area (Å²) in [6.07, 6.45) is 0. The highest BCUT2D eigenvalue weighted by Gasteiger charge is 2.17. The van der Waals surface area contributed by atoms with E-state index in [2.05, 4.69) is 16.0 Å². The first kappa shape index (κ1) is 24.0. The van der Waals surface area contributed by atoms with Crippen LogP contribution >= 0.6 is 0 Å². The van der Waals surface area contributed by atoms with E-state index in [1.165, 1.54) is 18.2 Å². The molecular formula is C27H22N4O5. The molecule has 4 rings (SSSR count). The first-order valence-corrected chi connectivity index (χ1v) is 11.0. The van der Waals surface area contributed by atoms with Gasteiger partial charge in [-0.3, -0.25) is 19.7 Å². The Morgan fingerprint density at radius 1 is 0.722 bits per heavy atom. The molecule has 4 aromatic rings. The molecule has 0 saturated heterocycles. The topological polar surface area (TPSA) is 123 Å². The van der Waals surface area contributed by atoms with Gasteiger partial charge in [-0.2, -0.15) is 0 Å². The van der Waals surface area contributed by atoms with Crippen LogP contribution in [0.3, 0.4) is 0 Å². The van der Waals surface area contributed by atoms with E-state index in [0.29, 0.717) is 5.69 Å². The lowest BCUT2D eigenvalue weighted by Gasteiger charge is -2.13.